The first-order chi connectivity index (χ1) is 13.2. The molecule has 0 atom stereocenters. The van der Waals surface area contributed by atoms with Crippen LogP contribution in [0.25, 0.3) is 0 Å². The Kier molecular flexibility index (Phi) is 7.46. The van der Waals surface area contributed by atoms with Gasteiger partial charge < -0.3 is 10.1 Å². The van der Waals surface area contributed by atoms with Gasteiger partial charge in [0.2, 0.25) is 10.0 Å². The van der Waals surface area contributed by atoms with Crippen LogP contribution in [-0.2, 0) is 14.8 Å². The minimum atomic E-state index is -3.54. The molecule has 0 unspecified atom stereocenters. The minimum Gasteiger partial charge on any atom is -0.483 e. The Balaban J connectivity index is 2.07. The van der Waals surface area contributed by atoms with Gasteiger partial charge in [0, 0.05) is 23.8 Å². The number of aryl methyl sites for hydroxylation is 2. The molecule has 0 fully saturated rings. The number of nitrogens with one attached hydrogen (secondary N) is 1. The van der Waals surface area contributed by atoms with Gasteiger partial charge in [-0.05, 0) is 55.3 Å². The zero-order chi connectivity index (χ0) is 20.9. The summed E-state index contributed by atoms with van der Waals surface area (Å²) >= 11 is 5.95. The molecule has 8 heteroatoms. The van der Waals surface area contributed by atoms with Crippen LogP contribution in [-0.4, -0.2) is 38.3 Å². The molecular formula is C20H25ClN2O4S. The molecule has 0 saturated carbocycles. The molecular weight excluding hydrogens is 400 g/mol. The third-order valence-corrected chi connectivity index (χ3v) is 6.60. The largest absolute Gasteiger partial charge is 0.483 e. The zero-order valence-corrected chi connectivity index (χ0v) is 18.0. The fourth-order valence-electron chi connectivity index (χ4n) is 2.72. The molecule has 1 N–H and O–H groups in total. The molecule has 0 saturated heterocycles. The van der Waals surface area contributed by atoms with Crippen molar-refractivity contribution in [1.29, 1.82) is 0 Å². The highest BCUT2D eigenvalue weighted by atomic mass is 35.5. The fourth-order valence-corrected chi connectivity index (χ4v) is 4.43. The molecule has 0 aromatic heterocycles. The maximum atomic E-state index is 12.6. The van der Waals surface area contributed by atoms with Crippen LogP contribution in [0.3, 0.4) is 0 Å². The van der Waals surface area contributed by atoms with Gasteiger partial charge in [0.15, 0.2) is 6.61 Å². The Morgan fingerprint density at radius 3 is 2.36 bits per heavy atom. The Bertz CT molecular complexity index is 957. The van der Waals surface area contributed by atoms with Gasteiger partial charge in [-0.2, -0.15) is 4.31 Å². The number of hydrogen-bond donors (Lipinski definition) is 1. The Morgan fingerprint density at radius 2 is 1.75 bits per heavy atom. The molecule has 0 heterocycles. The van der Waals surface area contributed by atoms with E-state index in [0.29, 0.717) is 35.1 Å². The van der Waals surface area contributed by atoms with E-state index < -0.39 is 10.0 Å². The summed E-state index contributed by atoms with van der Waals surface area (Å²) in [5.74, 6) is 0.126. The number of hydrogen-bond acceptors (Lipinski definition) is 4. The van der Waals surface area contributed by atoms with Crippen LogP contribution >= 0.6 is 11.6 Å². The molecule has 0 aliphatic carbocycles. The number of nitrogens with zero attached hydrogens (tertiary/aromatic N) is 1. The number of carbonyl (C=O) groups excluding carboxylic acids is 1. The summed E-state index contributed by atoms with van der Waals surface area (Å²) in [6.07, 6.45) is 0. The molecule has 0 aliphatic rings. The smallest absolute Gasteiger partial charge is 0.262 e. The van der Waals surface area contributed by atoms with Crippen LogP contribution in [0.2, 0.25) is 5.02 Å². The van der Waals surface area contributed by atoms with Crippen molar-refractivity contribution in [2.24, 2.45) is 0 Å². The molecule has 152 valence electrons. The molecule has 28 heavy (non-hydrogen) atoms. The van der Waals surface area contributed by atoms with Crippen LogP contribution in [0.1, 0.15) is 25.0 Å². The standard InChI is InChI=1S/C20H25ClN2O4S/c1-5-23(6-2)28(25,26)17-9-10-19(15(4)11-17)27-13-20(24)22-18-12-16(21)8-7-14(18)3/h7-12H,5-6,13H2,1-4H3,(H,22,24). The molecule has 6 nitrogen and oxygen atoms in total. The quantitative estimate of drug-likeness (QED) is 0.694. The summed E-state index contributed by atoms with van der Waals surface area (Å²) in [6.45, 7) is 7.81. The number of rotatable bonds is 8. The molecule has 1 amide bonds. The maximum Gasteiger partial charge on any atom is 0.262 e. The van der Waals surface area contributed by atoms with Crippen molar-refractivity contribution in [2.75, 3.05) is 25.0 Å². The van der Waals surface area contributed by atoms with Gasteiger partial charge in [0.05, 0.1) is 4.90 Å². The van der Waals surface area contributed by atoms with E-state index in [1.807, 2.05) is 13.0 Å². The van der Waals surface area contributed by atoms with Gasteiger partial charge in [-0.25, -0.2) is 8.42 Å². The van der Waals surface area contributed by atoms with Gasteiger partial charge in [-0.15, -0.1) is 0 Å². The van der Waals surface area contributed by atoms with Gasteiger partial charge >= 0.3 is 0 Å². The second kappa shape index (κ2) is 9.41. The van der Waals surface area contributed by atoms with Crippen LogP contribution in [0.4, 0.5) is 5.69 Å². The van der Waals surface area contributed by atoms with Crippen LogP contribution in [0, 0.1) is 13.8 Å². The lowest BCUT2D eigenvalue weighted by Crippen LogP contribution is -2.30. The van der Waals surface area contributed by atoms with Crippen LogP contribution < -0.4 is 10.1 Å². The average Bonchev–Trinajstić information content (AvgIpc) is 2.64. The summed E-state index contributed by atoms with van der Waals surface area (Å²) in [6, 6.07) is 9.87. The van der Waals surface area contributed by atoms with Crippen molar-refractivity contribution in [1.82, 2.24) is 4.31 Å². The molecule has 2 rings (SSSR count). The van der Waals surface area contributed by atoms with E-state index in [4.69, 9.17) is 16.3 Å². The number of anilines is 1. The predicted molar refractivity (Wildman–Crippen MR) is 112 cm³/mol. The zero-order valence-electron chi connectivity index (χ0n) is 16.5. The summed E-state index contributed by atoms with van der Waals surface area (Å²) in [7, 11) is -3.54. The minimum absolute atomic E-state index is 0.199. The predicted octanol–water partition coefficient (Wildman–Crippen LogP) is 4.00. The molecule has 2 aromatic carbocycles. The second-order valence-corrected chi connectivity index (χ2v) is 8.69. The molecule has 0 bridgehead atoms. The van der Waals surface area contributed by atoms with E-state index >= 15 is 0 Å². The van der Waals surface area contributed by atoms with Crippen molar-refractivity contribution in [3.05, 3.63) is 52.5 Å². The van der Waals surface area contributed by atoms with Crippen LogP contribution in [0.15, 0.2) is 41.3 Å². The third kappa shape index (κ3) is 5.25. The molecule has 0 aliphatic heterocycles. The monoisotopic (exact) mass is 424 g/mol. The lowest BCUT2D eigenvalue weighted by atomic mass is 10.2. The average molecular weight is 425 g/mol. The van der Waals surface area contributed by atoms with Crippen molar-refractivity contribution in [2.45, 2.75) is 32.6 Å². The number of carbonyl (C=O) groups is 1. The number of ether oxygens (including phenoxy) is 1. The number of halogens is 1. The maximum absolute atomic E-state index is 12.6. The topological polar surface area (TPSA) is 75.7 Å². The van der Waals surface area contributed by atoms with Gasteiger partial charge in [-0.3, -0.25) is 4.79 Å². The SMILES string of the molecule is CCN(CC)S(=O)(=O)c1ccc(OCC(=O)Nc2cc(Cl)ccc2C)c(C)c1. The first kappa shape index (κ1) is 22.2. The number of amides is 1. The summed E-state index contributed by atoms with van der Waals surface area (Å²) in [4.78, 5) is 12.4. The van der Waals surface area contributed by atoms with E-state index in [2.05, 4.69) is 5.32 Å². The summed E-state index contributed by atoms with van der Waals surface area (Å²) < 4.78 is 32.2. The fraction of sp³-hybridized carbons (Fsp3) is 0.350. The van der Waals surface area contributed by atoms with E-state index in [1.54, 1.807) is 45.0 Å². The van der Waals surface area contributed by atoms with E-state index in [9.17, 15) is 13.2 Å². The van der Waals surface area contributed by atoms with Crippen molar-refractivity contribution in [3.8, 4) is 5.75 Å². The Hall–Kier alpha value is -2.09. The second-order valence-electron chi connectivity index (χ2n) is 6.31. The lowest BCUT2D eigenvalue weighted by Gasteiger charge is -2.19. The van der Waals surface area contributed by atoms with E-state index in [0.717, 1.165) is 5.56 Å². The molecule has 0 radical (unpaired) electrons. The van der Waals surface area contributed by atoms with E-state index in [-0.39, 0.29) is 17.4 Å². The normalized spacial score (nSPS) is 11.5. The highest BCUT2D eigenvalue weighted by molar-refractivity contribution is 7.89. The van der Waals surface area contributed by atoms with Gasteiger partial charge in [-0.1, -0.05) is 31.5 Å². The van der Waals surface area contributed by atoms with Crippen molar-refractivity contribution in [3.63, 3.8) is 0 Å². The first-order valence-electron chi connectivity index (χ1n) is 8.98. The van der Waals surface area contributed by atoms with Crippen molar-refractivity contribution < 1.29 is 17.9 Å². The molecule has 2 aromatic rings. The van der Waals surface area contributed by atoms with E-state index in [1.165, 1.54) is 10.4 Å². The summed E-state index contributed by atoms with van der Waals surface area (Å²) in [5, 5.41) is 3.29. The molecule has 0 spiro atoms. The van der Waals surface area contributed by atoms with Crippen LogP contribution in [0.5, 0.6) is 5.75 Å². The highest BCUT2D eigenvalue weighted by Crippen LogP contribution is 2.24. The lowest BCUT2D eigenvalue weighted by molar-refractivity contribution is -0.118. The first-order valence-corrected chi connectivity index (χ1v) is 10.8. The third-order valence-electron chi connectivity index (χ3n) is 4.32. The summed E-state index contributed by atoms with van der Waals surface area (Å²) in [5.41, 5.74) is 2.15. The van der Waals surface area contributed by atoms with Crippen molar-refractivity contribution >= 4 is 33.2 Å². The highest BCUT2D eigenvalue weighted by Gasteiger charge is 2.22. The Morgan fingerprint density at radius 1 is 1.07 bits per heavy atom. The van der Waals surface area contributed by atoms with Gasteiger partial charge in [0.25, 0.3) is 5.91 Å². The number of sulfonamides is 1. The Labute approximate surface area is 171 Å². The van der Waals surface area contributed by atoms with Gasteiger partial charge in [0.1, 0.15) is 5.75 Å². The number of benzene rings is 2.